The number of alkyl halides is 3. The third-order valence-electron chi connectivity index (χ3n) is 4.39. The molecule has 0 bridgehead atoms. The first-order valence-corrected chi connectivity index (χ1v) is 8.31. The van der Waals surface area contributed by atoms with E-state index in [2.05, 4.69) is 5.32 Å². The highest BCUT2D eigenvalue weighted by Gasteiger charge is 2.30. The summed E-state index contributed by atoms with van der Waals surface area (Å²) in [7, 11) is 0. The molecule has 2 aromatic carbocycles. The highest BCUT2D eigenvalue weighted by Crippen LogP contribution is 2.32. The van der Waals surface area contributed by atoms with E-state index in [1.54, 1.807) is 24.3 Å². The van der Waals surface area contributed by atoms with E-state index in [4.69, 9.17) is 0 Å². The molecule has 1 unspecified atom stereocenters. The van der Waals surface area contributed by atoms with Crippen molar-refractivity contribution in [3.63, 3.8) is 0 Å². The van der Waals surface area contributed by atoms with Gasteiger partial charge in [-0.1, -0.05) is 49.4 Å². The third kappa shape index (κ3) is 3.87. The molecule has 0 saturated carbocycles. The van der Waals surface area contributed by atoms with Gasteiger partial charge in [-0.05, 0) is 47.7 Å². The molecule has 1 aliphatic rings. The van der Waals surface area contributed by atoms with Crippen molar-refractivity contribution in [3.05, 3.63) is 83.6 Å². The smallest absolute Gasteiger partial charge is 0.325 e. The Kier molecular flexibility index (Phi) is 4.98. The number of carbonyl (C=O) groups excluding carboxylic acids is 1. The fraction of sp³-hybridized carbons (Fsp3) is 0.190. The van der Waals surface area contributed by atoms with Crippen LogP contribution in [-0.4, -0.2) is 5.91 Å². The zero-order valence-electron chi connectivity index (χ0n) is 14.2. The molecular formula is C21H18F3NO. The standard InChI is InChI=1S/C21H18F3NO/c1-14-6-2-5-9-19(14)25-20(26)18-8-4-3-7-17(18)15-10-12-16(13-11-15)21(22,23)24/h2-5,7-14H,6H2,1H3,(H,25,26). The normalized spacial score (nSPS) is 16.9. The van der Waals surface area contributed by atoms with Crippen molar-refractivity contribution in [2.45, 2.75) is 19.5 Å². The quantitative estimate of drug-likeness (QED) is 0.763. The number of amides is 1. The van der Waals surface area contributed by atoms with Gasteiger partial charge in [0.05, 0.1) is 5.56 Å². The maximum atomic E-state index is 12.8. The molecule has 2 nitrogen and oxygen atoms in total. The molecule has 26 heavy (non-hydrogen) atoms. The van der Waals surface area contributed by atoms with Crippen molar-refractivity contribution >= 4 is 5.91 Å². The van der Waals surface area contributed by atoms with Crippen LogP contribution in [0.25, 0.3) is 11.1 Å². The first-order chi connectivity index (χ1) is 12.4. The number of benzene rings is 2. The number of allylic oxidation sites excluding steroid dienone is 4. The van der Waals surface area contributed by atoms with E-state index < -0.39 is 11.7 Å². The Hall–Kier alpha value is -2.82. The van der Waals surface area contributed by atoms with E-state index in [9.17, 15) is 18.0 Å². The van der Waals surface area contributed by atoms with Crippen molar-refractivity contribution < 1.29 is 18.0 Å². The van der Waals surface area contributed by atoms with E-state index >= 15 is 0 Å². The Morgan fingerprint density at radius 3 is 2.42 bits per heavy atom. The van der Waals surface area contributed by atoms with Gasteiger partial charge in [-0.3, -0.25) is 4.79 Å². The van der Waals surface area contributed by atoms with Crippen LogP contribution in [0.1, 0.15) is 29.3 Å². The highest BCUT2D eigenvalue weighted by molar-refractivity contribution is 6.01. The molecule has 0 heterocycles. The van der Waals surface area contributed by atoms with Crippen LogP contribution in [0.4, 0.5) is 13.2 Å². The van der Waals surface area contributed by atoms with Gasteiger partial charge >= 0.3 is 6.18 Å². The molecule has 0 saturated heterocycles. The number of nitrogens with one attached hydrogen (secondary N) is 1. The topological polar surface area (TPSA) is 29.1 Å². The summed E-state index contributed by atoms with van der Waals surface area (Å²) in [6, 6.07) is 11.7. The number of carbonyl (C=O) groups is 1. The lowest BCUT2D eigenvalue weighted by atomic mass is 9.96. The second-order valence-electron chi connectivity index (χ2n) is 6.26. The van der Waals surface area contributed by atoms with Crippen LogP contribution in [0.15, 0.2) is 72.5 Å². The minimum Gasteiger partial charge on any atom is -0.325 e. The van der Waals surface area contributed by atoms with E-state index in [1.165, 1.54) is 12.1 Å². The molecule has 0 fully saturated rings. The average molecular weight is 357 g/mol. The predicted molar refractivity (Wildman–Crippen MR) is 95.4 cm³/mol. The summed E-state index contributed by atoms with van der Waals surface area (Å²) in [6.07, 6.45) is 2.28. The molecule has 3 rings (SSSR count). The van der Waals surface area contributed by atoms with Crippen LogP contribution in [0, 0.1) is 5.92 Å². The molecule has 1 atom stereocenters. The van der Waals surface area contributed by atoms with Crippen LogP contribution in [0.2, 0.25) is 0 Å². The molecular weight excluding hydrogens is 339 g/mol. The summed E-state index contributed by atoms with van der Waals surface area (Å²) in [6.45, 7) is 2.03. The maximum Gasteiger partial charge on any atom is 0.416 e. The van der Waals surface area contributed by atoms with Gasteiger partial charge in [0.2, 0.25) is 0 Å². The molecule has 134 valence electrons. The Morgan fingerprint density at radius 1 is 1.08 bits per heavy atom. The molecule has 0 radical (unpaired) electrons. The van der Waals surface area contributed by atoms with Crippen molar-refractivity contribution in [2.24, 2.45) is 5.92 Å². The fourth-order valence-electron chi connectivity index (χ4n) is 2.88. The summed E-state index contributed by atoms with van der Waals surface area (Å²) < 4.78 is 38.3. The van der Waals surface area contributed by atoms with E-state index in [0.29, 0.717) is 16.7 Å². The monoisotopic (exact) mass is 357 g/mol. The maximum absolute atomic E-state index is 12.8. The van der Waals surface area contributed by atoms with E-state index in [-0.39, 0.29) is 11.8 Å². The van der Waals surface area contributed by atoms with Crippen molar-refractivity contribution in [1.82, 2.24) is 5.32 Å². The van der Waals surface area contributed by atoms with E-state index in [1.807, 2.05) is 25.2 Å². The zero-order chi connectivity index (χ0) is 18.7. The van der Waals surface area contributed by atoms with Gasteiger partial charge in [-0.2, -0.15) is 13.2 Å². The van der Waals surface area contributed by atoms with Crippen molar-refractivity contribution in [3.8, 4) is 11.1 Å². The molecule has 1 N–H and O–H groups in total. The SMILES string of the molecule is CC1CC=CC=C1NC(=O)c1ccccc1-c1ccc(C(F)(F)F)cc1. The molecule has 2 aromatic rings. The largest absolute Gasteiger partial charge is 0.416 e. The number of rotatable bonds is 3. The molecule has 1 aliphatic carbocycles. The Bertz CT molecular complexity index is 864. The Balaban J connectivity index is 1.90. The van der Waals surface area contributed by atoms with Gasteiger partial charge in [0.25, 0.3) is 5.91 Å². The van der Waals surface area contributed by atoms with Crippen molar-refractivity contribution in [1.29, 1.82) is 0 Å². The van der Waals surface area contributed by atoms with Gasteiger partial charge in [0, 0.05) is 11.3 Å². The lowest BCUT2D eigenvalue weighted by Gasteiger charge is -2.19. The highest BCUT2D eigenvalue weighted by atomic mass is 19.4. The van der Waals surface area contributed by atoms with Gasteiger partial charge in [0.1, 0.15) is 0 Å². The van der Waals surface area contributed by atoms with Gasteiger partial charge < -0.3 is 5.32 Å². The van der Waals surface area contributed by atoms with Crippen LogP contribution in [-0.2, 0) is 6.18 Å². The van der Waals surface area contributed by atoms with Crippen LogP contribution in [0.5, 0.6) is 0 Å². The molecule has 5 heteroatoms. The zero-order valence-corrected chi connectivity index (χ0v) is 14.2. The Morgan fingerprint density at radius 2 is 1.77 bits per heavy atom. The van der Waals surface area contributed by atoms with Crippen LogP contribution < -0.4 is 5.32 Å². The van der Waals surface area contributed by atoms with Crippen LogP contribution >= 0.6 is 0 Å². The third-order valence-corrected chi connectivity index (χ3v) is 4.39. The van der Waals surface area contributed by atoms with Gasteiger partial charge in [-0.25, -0.2) is 0 Å². The lowest BCUT2D eigenvalue weighted by Crippen LogP contribution is -2.27. The summed E-state index contributed by atoms with van der Waals surface area (Å²) in [5.41, 5.74) is 1.71. The predicted octanol–water partition coefficient (Wildman–Crippen LogP) is 5.58. The second-order valence-corrected chi connectivity index (χ2v) is 6.26. The number of hydrogen-bond donors (Lipinski definition) is 1. The van der Waals surface area contributed by atoms with E-state index in [0.717, 1.165) is 24.3 Å². The average Bonchev–Trinajstić information content (AvgIpc) is 2.63. The van der Waals surface area contributed by atoms with Crippen molar-refractivity contribution in [2.75, 3.05) is 0 Å². The molecule has 1 amide bonds. The fourth-order valence-corrected chi connectivity index (χ4v) is 2.88. The molecule has 0 aliphatic heterocycles. The second kappa shape index (κ2) is 7.20. The number of hydrogen-bond acceptors (Lipinski definition) is 1. The minimum absolute atomic E-state index is 0.210. The number of halogens is 3. The minimum atomic E-state index is -4.38. The summed E-state index contributed by atoms with van der Waals surface area (Å²) in [4.78, 5) is 12.7. The Labute approximate surface area is 150 Å². The molecule has 0 spiro atoms. The first-order valence-electron chi connectivity index (χ1n) is 8.31. The first kappa shape index (κ1) is 18.0. The van der Waals surface area contributed by atoms with Gasteiger partial charge in [-0.15, -0.1) is 0 Å². The lowest BCUT2D eigenvalue weighted by molar-refractivity contribution is -0.137. The van der Waals surface area contributed by atoms with Crippen LogP contribution in [0.3, 0.4) is 0 Å². The summed E-state index contributed by atoms with van der Waals surface area (Å²) >= 11 is 0. The molecule has 0 aromatic heterocycles. The summed E-state index contributed by atoms with van der Waals surface area (Å²) in [5, 5.41) is 2.92. The van der Waals surface area contributed by atoms with Gasteiger partial charge in [0.15, 0.2) is 0 Å². The summed E-state index contributed by atoms with van der Waals surface area (Å²) in [5.74, 6) is -0.0592.